The average Bonchev–Trinajstić information content (AvgIpc) is 2.33. The fraction of sp³-hybridized carbons (Fsp3) is 0.143. The summed E-state index contributed by atoms with van der Waals surface area (Å²) in [6.45, 7) is 0.659. The summed E-state index contributed by atoms with van der Waals surface area (Å²) in [5, 5.41) is 0. The molecule has 1 N–H and O–H groups in total. The van der Waals surface area contributed by atoms with Crippen molar-refractivity contribution in [1.82, 2.24) is 0 Å². The Bertz CT molecular complexity index is 199. The fourth-order valence-corrected chi connectivity index (χ4v) is 0.873. The SMILES string of the molecule is [c]1cccc2c1NOC2. The Hall–Kier alpha value is -1.02. The van der Waals surface area contributed by atoms with Crippen LogP contribution in [-0.2, 0) is 11.4 Å². The first-order chi connectivity index (χ1) is 4.47. The lowest BCUT2D eigenvalue weighted by molar-refractivity contribution is 0.202. The van der Waals surface area contributed by atoms with Crippen LogP contribution in [0.1, 0.15) is 5.56 Å². The van der Waals surface area contributed by atoms with Gasteiger partial charge < -0.3 is 0 Å². The van der Waals surface area contributed by atoms with Crippen molar-refractivity contribution in [2.45, 2.75) is 6.61 Å². The molecule has 0 saturated carbocycles. The number of nitrogens with one attached hydrogen (secondary N) is 1. The molecule has 0 aromatic heterocycles. The van der Waals surface area contributed by atoms with Gasteiger partial charge in [-0.2, -0.15) is 0 Å². The lowest BCUT2D eigenvalue weighted by atomic mass is 10.2. The molecule has 2 nitrogen and oxygen atoms in total. The van der Waals surface area contributed by atoms with Gasteiger partial charge in [-0.1, -0.05) is 18.2 Å². The van der Waals surface area contributed by atoms with Crippen molar-refractivity contribution in [2.75, 3.05) is 5.48 Å². The minimum atomic E-state index is 0.659. The van der Waals surface area contributed by atoms with Crippen molar-refractivity contribution in [3.05, 3.63) is 29.8 Å². The summed E-state index contributed by atoms with van der Waals surface area (Å²) < 4.78 is 0. The number of fused-ring (bicyclic) bond motifs is 1. The first-order valence-electron chi connectivity index (χ1n) is 2.84. The number of para-hydroxylation sites is 1. The first-order valence-corrected chi connectivity index (χ1v) is 2.84. The van der Waals surface area contributed by atoms with Crippen LogP contribution in [0.3, 0.4) is 0 Å². The van der Waals surface area contributed by atoms with E-state index in [9.17, 15) is 0 Å². The second-order valence-electron chi connectivity index (χ2n) is 1.96. The Morgan fingerprint density at radius 1 is 1.67 bits per heavy atom. The molecule has 1 heterocycles. The van der Waals surface area contributed by atoms with E-state index < -0.39 is 0 Å². The highest BCUT2D eigenvalue weighted by Crippen LogP contribution is 2.20. The summed E-state index contributed by atoms with van der Waals surface area (Å²) in [6.07, 6.45) is 0. The highest BCUT2D eigenvalue weighted by molar-refractivity contribution is 5.50. The van der Waals surface area contributed by atoms with Crippen LogP contribution in [-0.4, -0.2) is 0 Å². The summed E-state index contributed by atoms with van der Waals surface area (Å²) in [5.74, 6) is 0. The fourth-order valence-electron chi connectivity index (χ4n) is 0.873. The first kappa shape index (κ1) is 4.82. The number of rotatable bonds is 0. The van der Waals surface area contributed by atoms with Gasteiger partial charge in [-0.15, -0.1) is 0 Å². The smallest absolute Gasteiger partial charge is 0.102 e. The molecule has 0 spiro atoms. The molecule has 2 heteroatoms. The molecule has 1 aliphatic heterocycles. The molecule has 0 amide bonds. The van der Waals surface area contributed by atoms with E-state index in [4.69, 9.17) is 4.84 Å². The maximum Gasteiger partial charge on any atom is 0.102 e. The van der Waals surface area contributed by atoms with Gasteiger partial charge >= 0.3 is 0 Å². The van der Waals surface area contributed by atoms with Crippen molar-refractivity contribution < 1.29 is 4.84 Å². The van der Waals surface area contributed by atoms with Crippen molar-refractivity contribution in [3.63, 3.8) is 0 Å². The van der Waals surface area contributed by atoms with Gasteiger partial charge in [-0.3, -0.25) is 10.3 Å². The largest absolute Gasteiger partial charge is 0.271 e. The zero-order chi connectivity index (χ0) is 6.10. The number of hydrogen-bond donors (Lipinski definition) is 1. The van der Waals surface area contributed by atoms with Crippen LogP contribution in [0.5, 0.6) is 0 Å². The molecule has 1 radical (unpaired) electrons. The Kier molecular flexibility index (Phi) is 0.932. The Morgan fingerprint density at radius 2 is 2.67 bits per heavy atom. The van der Waals surface area contributed by atoms with E-state index >= 15 is 0 Å². The third kappa shape index (κ3) is 0.678. The molecule has 45 valence electrons. The number of anilines is 1. The van der Waals surface area contributed by atoms with Crippen LogP contribution in [0.2, 0.25) is 0 Å². The summed E-state index contributed by atoms with van der Waals surface area (Å²) in [6, 6.07) is 8.85. The second-order valence-corrected chi connectivity index (χ2v) is 1.96. The van der Waals surface area contributed by atoms with Crippen LogP contribution in [0.4, 0.5) is 5.69 Å². The molecule has 1 aliphatic rings. The molecule has 0 atom stereocenters. The number of hydrogen-bond acceptors (Lipinski definition) is 2. The van der Waals surface area contributed by atoms with Gasteiger partial charge in [0.2, 0.25) is 0 Å². The lowest BCUT2D eigenvalue weighted by Gasteiger charge is -1.91. The van der Waals surface area contributed by atoms with E-state index in [-0.39, 0.29) is 0 Å². The third-order valence-electron chi connectivity index (χ3n) is 1.34. The normalized spacial score (nSPS) is 14.7. The summed E-state index contributed by atoms with van der Waals surface area (Å²) >= 11 is 0. The molecular weight excluding hydrogens is 114 g/mol. The van der Waals surface area contributed by atoms with Crippen LogP contribution < -0.4 is 5.48 Å². The van der Waals surface area contributed by atoms with Gasteiger partial charge in [0.15, 0.2) is 0 Å². The zero-order valence-corrected chi connectivity index (χ0v) is 4.85. The van der Waals surface area contributed by atoms with E-state index in [2.05, 4.69) is 11.5 Å². The minimum Gasteiger partial charge on any atom is -0.271 e. The lowest BCUT2D eigenvalue weighted by Crippen LogP contribution is -1.86. The number of benzene rings is 1. The average molecular weight is 120 g/mol. The van der Waals surface area contributed by atoms with Gasteiger partial charge in [-0.25, -0.2) is 0 Å². The van der Waals surface area contributed by atoms with Crippen molar-refractivity contribution >= 4 is 5.69 Å². The van der Waals surface area contributed by atoms with Crippen LogP contribution >= 0.6 is 0 Å². The molecule has 0 aliphatic carbocycles. The third-order valence-corrected chi connectivity index (χ3v) is 1.34. The molecular formula is C7H6NO. The van der Waals surface area contributed by atoms with E-state index in [1.54, 1.807) is 0 Å². The molecule has 0 fully saturated rings. The van der Waals surface area contributed by atoms with E-state index in [1.807, 2.05) is 18.2 Å². The van der Waals surface area contributed by atoms with Crippen LogP contribution in [0, 0.1) is 6.07 Å². The molecule has 9 heavy (non-hydrogen) atoms. The summed E-state index contributed by atoms with van der Waals surface area (Å²) in [4.78, 5) is 4.93. The van der Waals surface area contributed by atoms with Crippen molar-refractivity contribution in [2.24, 2.45) is 0 Å². The minimum absolute atomic E-state index is 0.659. The summed E-state index contributed by atoms with van der Waals surface area (Å²) in [5.41, 5.74) is 4.89. The van der Waals surface area contributed by atoms with E-state index in [1.165, 1.54) is 5.56 Å². The highest BCUT2D eigenvalue weighted by Gasteiger charge is 2.07. The van der Waals surface area contributed by atoms with Crippen molar-refractivity contribution in [1.29, 1.82) is 0 Å². The zero-order valence-electron chi connectivity index (χ0n) is 4.85. The maximum absolute atomic E-state index is 4.93. The highest BCUT2D eigenvalue weighted by atomic mass is 16.6. The predicted molar refractivity (Wildman–Crippen MR) is 33.7 cm³/mol. The van der Waals surface area contributed by atoms with Gasteiger partial charge in [0.1, 0.15) is 6.61 Å². The standard InChI is InChI=1S/C7H6NO/c1-2-4-7-6(3-1)5-9-8-7/h1-3,8H,5H2. The predicted octanol–water partition coefficient (Wildman–Crippen LogP) is 1.34. The molecule has 1 aromatic rings. The quantitative estimate of drug-likeness (QED) is 0.558. The molecule has 2 rings (SSSR count). The Labute approximate surface area is 53.4 Å². The topological polar surface area (TPSA) is 21.3 Å². The maximum atomic E-state index is 4.93. The van der Waals surface area contributed by atoms with Crippen LogP contribution in [0.25, 0.3) is 0 Å². The van der Waals surface area contributed by atoms with E-state index in [0.717, 1.165) is 5.69 Å². The Balaban J connectivity index is 2.54. The van der Waals surface area contributed by atoms with E-state index in [0.29, 0.717) is 6.61 Å². The molecule has 0 saturated heterocycles. The molecule has 0 unspecified atom stereocenters. The summed E-state index contributed by atoms with van der Waals surface area (Å²) in [7, 11) is 0. The monoisotopic (exact) mass is 120 g/mol. The van der Waals surface area contributed by atoms with Gasteiger partial charge in [0.25, 0.3) is 0 Å². The van der Waals surface area contributed by atoms with Crippen molar-refractivity contribution in [3.8, 4) is 0 Å². The Morgan fingerprint density at radius 3 is 3.56 bits per heavy atom. The van der Waals surface area contributed by atoms with Gasteiger partial charge in [0, 0.05) is 11.6 Å². The molecule has 0 bridgehead atoms. The second kappa shape index (κ2) is 1.74. The van der Waals surface area contributed by atoms with Crippen LogP contribution in [0.15, 0.2) is 18.2 Å². The molecule has 1 aromatic carbocycles. The van der Waals surface area contributed by atoms with Gasteiger partial charge in [-0.05, 0) is 0 Å². The van der Waals surface area contributed by atoms with Gasteiger partial charge in [0.05, 0.1) is 5.69 Å².